The number of aromatic nitrogens is 2. The SMILES string of the molecule is O=C=Nc1ccc(Oc2ccnc(Cl)n2)c2ccccc12. The van der Waals surface area contributed by atoms with Crippen LogP contribution >= 0.6 is 11.6 Å². The maximum absolute atomic E-state index is 10.5. The summed E-state index contributed by atoms with van der Waals surface area (Å²) in [5.41, 5.74) is 0.536. The summed E-state index contributed by atoms with van der Waals surface area (Å²) >= 11 is 5.74. The lowest BCUT2D eigenvalue weighted by Crippen LogP contribution is -1.90. The van der Waals surface area contributed by atoms with Gasteiger partial charge in [0, 0.05) is 23.0 Å². The Labute approximate surface area is 124 Å². The van der Waals surface area contributed by atoms with Crippen LogP contribution in [0.25, 0.3) is 10.8 Å². The summed E-state index contributed by atoms with van der Waals surface area (Å²) < 4.78 is 5.73. The second kappa shape index (κ2) is 5.71. The van der Waals surface area contributed by atoms with Gasteiger partial charge in [-0.2, -0.15) is 9.98 Å². The van der Waals surface area contributed by atoms with Crippen molar-refractivity contribution in [3.05, 3.63) is 53.9 Å². The molecule has 1 heterocycles. The zero-order valence-corrected chi connectivity index (χ0v) is 11.4. The molecular formula is C15H8ClN3O2. The fourth-order valence-electron chi connectivity index (χ4n) is 1.98. The lowest BCUT2D eigenvalue weighted by molar-refractivity contribution is 0.467. The van der Waals surface area contributed by atoms with E-state index in [0.717, 1.165) is 10.8 Å². The van der Waals surface area contributed by atoms with Crippen LogP contribution in [0.15, 0.2) is 53.7 Å². The van der Waals surface area contributed by atoms with E-state index < -0.39 is 0 Å². The molecule has 0 spiro atoms. The Balaban J connectivity index is 2.11. The average Bonchev–Trinajstić information content (AvgIpc) is 2.50. The third-order valence-corrected chi connectivity index (χ3v) is 3.02. The fourth-order valence-corrected chi connectivity index (χ4v) is 2.12. The standard InChI is InChI=1S/C15H8ClN3O2/c16-15-17-8-7-14(19-15)21-13-6-5-12(18-9-20)10-3-1-2-4-11(10)13/h1-8H. The zero-order valence-electron chi connectivity index (χ0n) is 10.7. The minimum atomic E-state index is 0.110. The minimum absolute atomic E-state index is 0.110. The molecule has 6 heteroatoms. The maximum atomic E-state index is 10.5. The Morgan fingerprint density at radius 1 is 1.10 bits per heavy atom. The van der Waals surface area contributed by atoms with Crippen LogP contribution in [0.5, 0.6) is 11.6 Å². The summed E-state index contributed by atoms with van der Waals surface area (Å²) in [6, 6.07) is 12.5. The molecule has 1 aromatic heterocycles. The highest BCUT2D eigenvalue weighted by atomic mass is 35.5. The number of isocyanates is 1. The number of fused-ring (bicyclic) bond motifs is 1. The molecule has 3 rings (SSSR count). The highest BCUT2D eigenvalue weighted by Gasteiger charge is 2.08. The number of halogens is 1. The lowest BCUT2D eigenvalue weighted by atomic mass is 10.1. The van der Waals surface area contributed by atoms with E-state index in [-0.39, 0.29) is 5.28 Å². The van der Waals surface area contributed by atoms with Crippen LogP contribution in [0.1, 0.15) is 0 Å². The molecule has 2 aromatic carbocycles. The van der Waals surface area contributed by atoms with E-state index in [9.17, 15) is 4.79 Å². The van der Waals surface area contributed by atoms with Crippen LogP contribution in [0, 0.1) is 0 Å². The van der Waals surface area contributed by atoms with Crippen molar-refractivity contribution in [3.8, 4) is 11.6 Å². The van der Waals surface area contributed by atoms with Crippen molar-refractivity contribution in [3.63, 3.8) is 0 Å². The molecule has 0 fully saturated rings. The summed E-state index contributed by atoms with van der Waals surface area (Å²) in [6.07, 6.45) is 3.06. The van der Waals surface area contributed by atoms with E-state index in [0.29, 0.717) is 17.3 Å². The predicted molar refractivity (Wildman–Crippen MR) is 78.8 cm³/mol. The van der Waals surface area contributed by atoms with Gasteiger partial charge in [-0.3, -0.25) is 0 Å². The van der Waals surface area contributed by atoms with Crippen LogP contribution < -0.4 is 4.74 Å². The molecule has 0 radical (unpaired) electrons. The number of ether oxygens (including phenoxy) is 1. The first-order valence-electron chi connectivity index (χ1n) is 6.04. The number of aliphatic imine (C=N–C) groups is 1. The van der Waals surface area contributed by atoms with Crippen LogP contribution in [0.4, 0.5) is 5.69 Å². The number of benzene rings is 2. The van der Waals surface area contributed by atoms with Crippen LogP contribution in [0.3, 0.4) is 0 Å². The van der Waals surface area contributed by atoms with Crippen LogP contribution in [0.2, 0.25) is 5.28 Å². The first-order chi connectivity index (χ1) is 10.3. The maximum Gasteiger partial charge on any atom is 0.240 e. The van der Waals surface area contributed by atoms with Gasteiger partial charge < -0.3 is 4.74 Å². The van der Waals surface area contributed by atoms with Gasteiger partial charge in [0.05, 0.1) is 5.69 Å². The molecule has 21 heavy (non-hydrogen) atoms. The van der Waals surface area contributed by atoms with Crippen LogP contribution in [-0.4, -0.2) is 16.0 Å². The molecule has 0 amide bonds. The predicted octanol–water partition coefficient (Wildman–Crippen LogP) is 4.04. The van der Waals surface area contributed by atoms with Gasteiger partial charge in [-0.05, 0) is 23.7 Å². The highest BCUT2D eigenvalue weighted by Crippen LogP contribution is 2.35. The van der Waals surface area contributed by atoms with E-state index >= 15 is 0 Å². The molecule has 0 aliphatic rings. The Morgan fingerprint density at radius 3 is 2.67 bits per heavy atom. The van der Waals surface area contributed by atoms with Crippen LogP contribution in [-0.2, 0) is 4.79 Å². The summed E-state index contributed by atoms with van der Waals surface area (Å²) in [4.78, 5) is 21.9. The largest absolute Gasteiger partial charge is 0.438 e. The number of carbonyl (C=O) groups excluding carboxylic acids is 1. The zero-order chi connectivity index (χ0) is 14.7. The molecule has 0 aliphatic carbocycles. The lowest BCUT2D eigenvalue weighted by Gasteiger charge is -2.09. The summed E-state index contributed by atoms with van der Waals surface area (Å²) in [5.74, 6) is 0.928. The van der Waals surface area contributed by atoms with Gasteiger partial charge in [-0.15, -0.1) is 0 Å². The Kier molecular flexibility index (Phi) is 3.60. The normalized spacial score (nSPS) is 10.1. The molecule has 5 nitrogen and oxygen atoms in total. The second-order valence-corrected chi connectivity index (χ2v) is 4.44. The van der Waals surface area contributed by atoms with E-state index in [2.05, 4.69) is 15.0 Å². The summed E-state index contributed by atoms with van der Waals surface area (Å²) in [7, 11) is 0. The minimum Gasteiger partial charge on any atom is -0.438 e. The average molecular weight is 298 g/mol. The molecule has 0 N–H and O–H groups in total. The smallest absolute Gasteiger partial charge is 0.240 e. The van der Waals surface area contributed by atoms with Gasteiger partial charge >= 0.3 is 0 Å². The molecule has 0 atom stereocenters. The topological polar surface area (TPSA) is 64.4 Å². The molecule has 0 saturated heterocycles. The second-order valence-electron chi connectivity index (χ2n) is 4.10. The number of hydrogen-bond acceptors (Lipinski definition) is 5. The number of hydrogen-bond donors (Lipinski definition) is 0. The molecule has 0 saturated carbocycles. The van der Waals surface area contributed by atoms with Crippen molar-refractivity contribution in [1.29, 1.82) is 0 Å². The highest BCUT2D eigenvalue weighted by molar-refractivity contribution is 6.28. The van der Waals surface area contributed by atoms with E-state index in [1.165, 1.54) is 6.20 Å². The fraction of sp³-hybridized carbons (Fsp3) is 0. The third kappa shape index (κ3) is 2.74. The number of rotatable bonds is 3. The van der Waals surface area contributed by atoms with Crippen molar-refractivity contribution in [2.24, 2.45) is 4.99 Å². The quantitative estimate of drug-likeness (QED) is 0.416. The van der Waals surface area contributed by atoms with Gasteiger partial charge in [-0.25, -0.2) is 9.78 Å². The van der Waals surface area contributed by atoms with Gasteiger partial charge in [0.2, 0.25) is 17.2 Å². The molecule has 102 valence electrons. The first-order valence-corrected chi connectivity index (χ1v) is 6.42. The van der Waals surface area contributed by atoms with Gasteiger partial charge in [0.25, 0.3) is 0 Å². The van der Waals surface area contributed by atoms with Crippen molar-refractivity contribution in [2.45, 2.75) is 0 Å². The Bertz CT molecular complexity index is 860. The van der Waals surface area contributed by atoms with Crippen molar-refractivity contribution in [1.82, 2.24) is 9.97 Å². The van der Waals surface area contributed by atoms with E-state index in [1.54, 1.807) is 24.3 Å². The van der Waals surface area contributed by atoms with Gasteiger partial charge in [0.1, 0.15) is 5.75 Å². The van der Waals surface area contributed by atoms with Crippen molar-refractivity contribution < 1.29 is 9.53 Å². The Morgan fingerprint density at radius 2 is 1.90 bits per heavy atom. The van der Waals surface area contributed by atoms with E-state index in [1.807, 2.05) is 24.3 Å². The van der Waals surface area contributed by atoms with E-state index in [4.69, 9.17) is 16.3 Å². The molecular weight excluding hydrogens is 290 g/mol. The summed E-state index contributed by atoms with van der Waals surface area (Å²) in [6.45, 7) is 0. The van der Waals surface area contributed by atoms with Gasteiger partial charge in [-0.1, -0.05) is 24.3 Å². The Hall–Kier alpha value is -2.75. The number of nitrogens with zero attached hydrogens (tertiary/aromatic N) is 3. The summed E-state index contributed by atoms with van der Waals surface area (Å²) in [5, 5.41) is 1.71. The molecule has 0 unspecified atom stereocenters. The van der Waals surface area contributed by atoms with Crippen molar-refractivity contribution >= 4 is 34.1 Å². The first kappa shape index (κ1) is 13.2. The molecule has 0 bridgehead atoms. The van der Waals surface area contributed by atoms with Gasteiger partial charge in [0.15, 0.2) is 0 Å². The molecule has 3 aromatic rings. The van der Waals surface area contributed by atoms with Crippen molar-refractivity contribution in [2.75, 3.05) is 0 Å². The molecule has 0 aliphatic heterocycles. The third-order valence-electron chi connectivity index (χ3n) is 2.84. The monoisotopic (exact) mass is 297 g/mol.